The maximum absolute atomic E-state index is 12.1. The van der Waals surface area contributed by atoms with Crippen LogP contribution in [-0.2, 0) is 10.2 Å². The molecule has 0 bridgehead atoms. The number of rotatable bonds is 5. The molecular weight excluding hydrogens is 358 g/mol. The molecular formula is C26H41NO2. The molecule has 0 spiro atoms. The first-order valence-electron chi connectivity index (χ1n) is 10.6. The summed E-state index contributed by atoms with van der Waals surface area (Å²) in [4.78, 5) is 14.4. The van der Waals surface area contributed by atoms with E-state index in [1.807, 2.05) is 27.7 Å². The molecule has 0 heterocycles. The van der Waals surface area contributed by atoms with E-state index in [9.17, 15) is 9.90 Å². The highest BCUT2D eigenvalue weighted by molar-refractivity contribution is 5.77. The zero-order chi connectivity index (χ0) is 22.8. The topological polar surface area (TPSA) is 40.5 Å². The molecule has 0 atom stereocenters. The van der Waals surface area contributed by atoms with Crippen molar-refractivity contribution in [1.82, 2.24) is 4.90 Å². The molecule has 0 unspecified atom stereocenters. The van der Waals surface area contributed by atoms with Gasteiger partial charge in [-0.1, -0.05) is 52.0 Å². The fraction of sp³-hybridized carbons (Fsp3) is 0.654. The average molecular weight is 400 g/mol. The normalized spacial score (nSPS) is 19.3. The SMILES string of the molecule is CC1=C(C(C)(C)N(C)C(C)(C)C(C)(C)C(=O)O)C(C)(C)C(C)(C)c2ccccc21. The van der Waals surface area contributed by atoms with Crippen LogP contribution in [0.25, 0.3) is 5.57 Å². The Bertz CT molecular complexity index is 853. The Kier molecular flexibility index (Phi) is 5.47. The average Bonchev–Trinajstić information content (AvgIpc) is 2.59. The van der Waals surface area contributed by atoms with Gasteiger partial charge >= 0.3 is 5.97 Å². The number of fused-ring (bicyclic) bond motifs is 1. The van der Waals surface area contributed by atoms with Gasteiger partial charge in [0, 0.05) is 11.1 Å². The van der Waals surface area contributed by atoms with E-state index in [-0.39, 0.29) is 16.4 Å². The van der Waals surface area contributed by atoms with Crippen molar-refractivity contribution in [2.75, 3.05) is 7.05 Å². The molecule has 3 nitrogen and oxygen atoms in total. The first-order chi connectivity index (χ1) is 12.9. The summed E-state index contributed by atoms with van der Waals surface area (Å²) in [5.74, 6) is -0.774. The Morgan fingerprint density at radius 3 is 1.90 bits per heavy atom. The van der Waals surface area contributed by atoms with Gasteiger partial charge in [0.2, 0.25) is 0 Å². The second-order valence-corrected chi connectivity index (χ2v) is 11.4. The largest absolute Gasteiger partial charge is 0.481 e. The minimum Gasteiger partial charge on any atom is -0.481 e. The van der Waals surface area contributed by atoms with Crippen LogP contribution >= 0.6 is 0 Å². The zero-order valence-electron chi connectivity index (χ0n) is 20.6. The molecule has 2 rings (SSSR count). The number of likely N-dealkylation sites (N-methyl/N-ethyl adjacent to an activating group) is 1. The molecule has 162 valence electrons. The van der Waals surface area contributed by atoms with E-state index in [1.165, 1.54) is 22.3 Å². The number of hydrogen-bond acceptors (Lipinski definition) is 2. The number of allylic oxidation sites excluding steroid dienone is 1. The Hall–Kier alpha value is -1.61. The molecule has 0 fully saturated rings. The maximum atomic E-state index is 12.1. The molecule has 29 heavy (non-hydrogen) atoms. The van der Waals surface area contributed by atoms with Crippen LogP contribution < -0.4 is 0 Å². The third-order valence-corrected chi connectivity index (χ3v) is 8.92. The first-order valence-corrected chi connectivity index (χ1v) is 10.6. The summed E-state index contributed by atoms with van der Waals surface area (Å²) in [7, 11) is 2.08. The van der Waals surface area contributed by atoms with E-state index in [0.29, 0.717) is 0 Å². The lowest BCUT2D eigenvalue weighted by Gasteiger charge is -2.59. The summed E-state index contributed by atoms with van der Waals surface area (Å²) in [5.41, 5.74) is 3.42. The number of carbonyl (C=O) groups is 1. The van der Waals surface area contributed by atoms with Gasteiger partial charge in [-0.3, -0.25) is 9.69 Å². The van der Waals surface area contributed by atoms with E-state index >= 15 is 0 Å². The molecule has 0 amide bonds. The predicted octanol–water partition coefficient (Wildman–Crippen LogP) is 6.38. The summed E-state index contributed by atoms with van der Waals surface area (Å²) in [6.45, 7) is 23.8. The molecule has 0 saturated carbocycles. The fourth-order valence-electron chi connectivity index (χ4n) is 5.38. The second-order valence-electron chi connectivity index (χ2n) is 11.4. The lowest BCUT2D eigenvalue weighted by Crippen LogP contribution is -2.64. The molecule has 1 aromatic carbocycles. The highest BCUT2D eigenvalue weighted by Gasteiger charge is 2.55. The molecule has 0 saturated heterocycles. The van der Waals surface area contributed by atoms with Crippen LogP contribution in [0.2, 0.25) is 0 Å². The van der Waals surface area contributed by atoms with Crippen molar-refractivity contribution >= 4 is 11.5 Å². The van der Waals surface area contributed by atoms with Crippen LogP contribution in [-0.4, -0.2) is 34.1 Å². The highest BCUT2D eigenvalue weighted by Crippen LogP contribution is 2.58. The van der Waals surface area contributed by atoms with Gasteiger partial charge in [-0.2, -0.15) is 0 Å². The van der Waals surface area contributed by atoms with Crippen LogP contribution in [0.15, 0.2) is 29.8 Å². The van der Waals surface area contributed by atoms with Gasteiger partial charge < -0.3 is 5.11 Å². The number of carboxylic acids is 1. The molecule has 1 aromatic rings. The molecule has 0 radical (unpaired) electrons. The van der Waals surface area contributed by atoms with Crippen LogP contribution in [0.5, 0.6) is 0 Å². The standard InChI is InChI=1S/C26H41NO2/c1-17-18-15-13-14-16-19(18)22(2,3)23(4,5)20(17)25(8,9)27(12)26(10,11)24(6,7)21(28)29/h13-16H,1-12H3,(H,28,29). The lowest BCUT2D eigenvalue weighted by atomic mass is 9.52. The van der Waals surface area contributed by atoms with Gasteiger partial charge in [0.1, 0.15) is 0 Å². The van der Waals surface area contributed by atoms with Gasteiger partial charge in [-0.15, -0.1) is 0 Å². The van der Waals surface area contributed by atoms with Gasteiger partial charge in [0.15, 0.2) is 0 Å². The summed E-state index contributed by atoms with van der Waals surface area (Å²) in [6.07, 6.45) is 0. The third-order valence-electron chi connectivity index (χ3n) is 8.92. The zero-order valence-corrected chi connectivity index (χ0v) is 20.6. The highest BCUT2D eigenvalue weighted by atomic mass is 16.4. The number of carboxylic acid groups (broad SMARTS) is 1. The van der Waals surface area contributed by atoms with Crippen molar-refractivity contribution in [3.8, 4) is 0 Å². The third kappa shape index (κ3) is 3.08. The van der Waals surface area contributed by atoms with E-state index in [1.54, 1.807) is 0 Å². The monoisotopic (exact) mass is 399 g/mol. The van der Waals surface area contributed by atoms with Crippen molar-refractivity contribution in [1.29, 1.82) is 0 Å². The van der Waals surface area contributed by atoms with Crippen molar-refractivity contribution in [3.05, 3.63) is 41.0 Å². The van der Waals surface area contributed by atoms with Gasteiger partial charge in [0.25, 0.3) is 0 Å². The van der Waals surface area contributed by atoms with Crippen molar-refractivity contribution in [3.63, 3.8) is 0 Å². The summed E-state index contributed by atoms with van der Waals surface area (Å²) < 4.78 is 0. The Morgan fingerprint density at radius 2 is 1.41 bits per heavy atom. The van der Waals surface area contributed by atoms with E-state index in [4.69, 9.17) is 0 Å². The molecule has 1 aliphatic carbocycles. The van der Waals surface area contributed by atoms with Crippen LogP contribution in [0, 0.1) is 10.8 Å². The van der Waals surface area contributed by atoms with E-state index in [2.05, 4.69) is 84.7 Å². The fourth-order valence-corrected chi connectivity index (χ4v) is 5.38. The lowest BCUT2D eigenvalue weighted by molar-refractivity contribution is -0.157. The van der Waals surface area contributed by atoms with E-state index in [0.717, 1.165) is 0 Å². The van der Waals surface area contributed by atoms with Crippen molar-refractivity contribution in [2.24, 2.45) is 10.8 Å². The predicted molar refractivity (Wildman–Crippen MR) is 123 cm³/mol. The molecule has 1 N–H and O–H groups in total. The molecule has 3 heteroatoms. The molecule has 0 aliphatic heterocycles. The first kappa shape index (κ1) is 23.7. The van der Waals surface area contributed by atoms with Gasteiger partial charge in [-0.05, 0) is 88.6 Å². The Balaban J connectivity index is 2.78. The van der Waals surface area contributed by atoms with Crippen LogP contribution in [0.1, 0.15) is 87.3 Å². The number of nitrogens with zero attached hydrogens (tertiary/aromatic N) is 1. The summed E-state index contributed by atoms with van der Waals surface area (Å²) >= 11 is 0. The minimum atomic E-state index is -0.903. The molecule has 0 aromatic heterocycles. The Morgan fingerprint density at radius 1 is 0.931 bits per heavy atom. The quantitative estimate of drug-likeness (QED) is 0.625. The molecule has 1 aliphatic rings. The van der Waals surface area contributed by atoms with Crippen molar-refractivity contribution in [2.45, 2.75) is 92.7 Å². The summed E-state index contributed by atoms with van der Waals surface area (Å²) in [5, 5.41) is 9.93. The smallest absolute Gasteiger partial charge is 0.310 e. The minimum absolute atomic E-state index is 0.0526. The maximum Gasteiger partial charge on any atom is 0.310 e. The van der Waals surface area contributed by atoms with Crippen molar-refractivity contribution < 1.29 is 9.90 Å². The Labute approximate surface area is 178 Å². The van der Waals surface area contributed by atoms with Gasteiger partial charge in [0.05, 0.1) is 5.41 Å². The number of aliphatic carboxylic acids is 1. The van der Waals surface area contributed by atoms with Gasteiger partial charge in [-0.25, -0.2) is 0 Å². The summed E-state index contributed by atoms with van der Waals surface area (Å²) in [6, 6.07) is 8.73. The van der Waals surface area contributed by atoms with Crippen LogP contribution in [0.3, 0.4) is 0 Å². The second kappa shape index (κ2) is 6.70. The number of hydrogen-bond donors (Lipinski definition) is 1. The van der Waals surface area contributed by atoms with Crippen LogP contribution in [0.4, 0.5) is 0 Å². The number of benzene rings is 1. The van der Waals surface area contributed by atoms with E-state index < -0.39 is 16.9 Å².